The number of rotatable bonds is 7. The van der Waals surface area contributed by atoms with Crippen LogP contribution in [0.2, 0.25) is 38.3 Å². The van der Waals surface area contributed by atoms with E-state index in [-0.39, 0.29) is 30.5 Å². The van der Waals surface area contributed by atoms with Gasteiger partial charge in [0.25, 0.3) is 0 Å². The lowest BCUT2D eigenvalue weighted by Gasteiger charge is -2.64. The van der Waals surface area contributed by atoms with Crippen molar-refractivity contribution in [3.05, 3.63) is 42.4 Å². The first kappa shape index (κ1) is 24.5. The highest BCUT2D eigenvalue weighted by molar-refractivity contribution is 6.92. The first-order valence-electron chi connectivity index (χ1n) is 12.4. The predicted octanol–water partition coefficient (Wildman–Crippen LogP) is 6.04. The van der Waals surface area contributed by atoms with Crippen molar-refractivity contribution in [1.29, 1.82) is 0 Å². The van der Waals surface area contributed by atoms with Crippen molar-refractivity contribution in [1.82, 2.24) is 0 Å². The maximum absolute atomic E-state index is 6.85. The second kappa shape index (κ2) is 7.94. The van der Waals surface area contributed by atoms with E-state index in [1.54, 1.807) is 0 Å². The lowest BCUT2D eigenvalue weighted by Crippen LogP contribution is -2.65. The fraction of sp³-hybridized carbons (Fsp3) is 0.692. The molecule has 5 rings (SSSR count). The van der Waals surface area contributed by atoms with Crippen LogP contribution in [0.15, 0.2) is 42.4 Å². The summed E-state index contributed by atoms with van der Waals surface area (Å²) in [5, 5.41) is 1.43. The van der Waals surface area contributed by atoms with E-state index < -0.39 is 16.4 Å². The average molecular weight is 471 g/mol. The van der Waals surface area contributed by atoms with Crippen molar-refractivity contribution in [3.63, 3.8) is 0 Å². The minimum absolute atomic E-state index is 0.0868. The molecular weight excluding hydrogens is 427 g/mol. The Labute approximate surface area is 198 Å². The van der Waals surface area contributed by atoms with E-state index in [4.69, 9.17) is 13.7 Å². The maximum Gasteiger partial charge on any atom is 0.489 e. The van der Waals surface area contributed by atoms with Gasteiger partial charge in [-0.2, -0.15) is 0 Å². The van der Waals surface area contributed by atoms with Crippen LogP contribution in [0.25, 0.3) is 0 Å². The summed E-state index contributed by atoms with van der Waals surface area (Å²) < 4.78 is 20.2. The molecule has 3 saturated carbocycles. The van der Waals surface area contributed by atoms with Crippen LogP contribution in [-0.4, -0.2) is 41.3 Å². The molecule has 6 heteroatoms. The van der Waals surface area contributed by atoms with Gasteiger partial charge in [-0.15, -0.1) is 6.58 Å². The fourth-order valence-electron chi connectivity index (χ4n) is 7.20. The standard InChI is InChI=1S/C26H43BO3Si2/c1-18(27-28-23-17-20-16-22(25(20,3)4)26(23,5)30-27)24(19(2)29-31(6,7)8)32(9,10)21-14-12-11-13-15-21/h11-15,19-20,22-24H,1,16-17H2,2-10H3/t19-,20-,22-,23+,24+,26-/m1/s1. The third-order valence-corrected chi connectivity index (χ3v) is 14.3. The van der Waals surface area contributed by atoms with Gasteiger partial charge in [0.05, 0.1) is 19.8 Å². The second-order valence-corrected chi connectivity index (χ2v) is 22.0. The summed E-state index contributed by atoms with van der Waals surface area (Å²) >= 11 is 0. The molecule has 0 radical (unpaired) electrons. The largest absolute Gasteiger partial charge is 0.489 e. The monoisotopic (exact) mass is 470 g/mol. The van der Waals surface area contributed by atoms with Gasteiger partial charge in [-0.1, -0.05) is 62.5 Å². The van der Waals surface area contributed by atoms with Gasteiger partial charge in [-0.25, -0.2) is 0 Å². The third kappa shape index (κ3) is 3.94. The molecule has 4 fully saturated rings. The number of hydrogen-bond donors (Lipinski definition) is 0. The van der Waals surface area contributed by atoms with Gasteiger partial charge >= 0.3 is 7.12 Å². The lowest BCUT2D eigenvalue weighted by atomic mass is 9.43. The van der Waals surface area contributed by atoms with Crippen LogP contribution in [0, 0.1) is 17.3 Å². The normalized spacial score (nSPS) is 33.3. The van der Waals surface area contributed by atoms with E-state index >= 15 is 0 Å². The molecule has 0 amide bonds. The van der Waals surface area contributed by atoms with E-state index in [9.17, 15) is 0 Å². The lowest BCUT2D eigenvalue weighted by molar-refractivity contribution is -0.199. The number of benzene rings is 1. The zero-order chi connectivity index (χ0) is 23.7. The highest BCUT2D eigenvalue weighted by Crippen LogP contribution is 2.66. The van der Waals surface area contributed by atoms with Gasteiger partial charge in [0.1, 0.15) is 0 Å². The molecule has 3 aliphatic carbocycles. The molecule has 0 unspecified atom stereocenters. The molecule has 176 valence electrons. The molecule has 0 aromatic heterocycles. The smallest absolute Gasteiger partial charge is 0.415 e. The van der Waals surface area contributed by atoms with Crippen molar-refractivity contribution in [3.8, 4) is 0 Å². The highest BCUT2D eigenvalue weighted by atomic mass is 28.4. The second-order valence-electron chi connectivity index (χ2n) is 12.9. The number of hydrogen-bond acceptors (Lipinski definition) is 3. The van der Waals surface area contributed by atoms with Gasteiger partial charge in [-0.05, 0) is 69.1 Å². The molecule has 32 heavy (non-hydrogen) atoms. The Bertz CT molecular complexity index is 866. The minimum atomic E-state index is -1.97. The summed E-state index contributed by atoms with van der Waals surface area (Å²) in [5.41, 5.74) is 1.43. The third-order valence-electron chi connectivity index (χ3n) is 8.96. The molecule has 4 aliphatic rings. The molecule has 1 heterocycles. The van der Waals surface area contributed by atoms with Crippen molar-refractivity contribution in [2.45, 2.75) is 96.6 Å². The van der Waals surface area contributed by atoms with E-state index in [1.807, 2.05) is 0 Å². The fourth-order valence-corrected chi connectivity index (χ4v) is 12.3. The summed E-state index contributed by atoms with van der Waals surface area (Å²) in [6.45, 7) is 25.7. The van der Waals surface area contributed by atoms with Crippen LogP contribution in [-0.2, 0) is 13.7 Å². The van der Waals surface area contributed by atoms with E-state index in [0.29, 0.717) is 11.3 Å². The Morgan fingerprint density at radius 2 is 1.72 bits per heavy atom. The molecule has 6 atom stereocenters. The van der Waals surface area contributed by atoms with Crippen molar-refractivity contribution in [2.75, 3.05) is 0 Å². The molecule has 0 N–H and O–H groups in total. The van der Waals surface area contributed by atoms with Crippen LogP contribution in [0.1, 0.15) is 40.5 Å². The Balaban J connectivity index is 1.64. The molecular formula is C26H43BO3Si2. The highest BCUT2D eigenvalue weighted by Gasteiger charge is 2.68. The van der Waals surface area contributed by atoms with Gasteiger partial charge in [0, 0.05) is 11.6 Å². The van der Waals surface area contributed by atoms with E-state index in [0.717, 1.165) is 17.8 Å². The first-order chi connectivity index (χ1) is 14.7. The zero-order valence-corrected chi connectivity index (χ0v) is 23.7. The van der Waals surface area contributed by atoms with Crippen LogP contribution in [0.4, 0.5) is 0 Å². The maximum atomic E-state index is 6.85. The SMILES string of the molecule is C=C(B1O[C@H]2C[C@H]3C[C@H](C3(C)C)[C@@]2(C)O1)[C@@H]([C@@H](C)O[Si](C)(C)C)[Si](C)(C)c1ccccc1. The van der Waals surface area contributed by atoms with Crippen LogP contribution in [0.5, 0.6) is 0 Å². The van der Waals surface area contributed by atoms with Gasteiger partial charge in [0.15, 0.2) is 8.32 Å². The molecule has 1 aromatic rings. The quantitative estimate of drug-likeness (QED) is 0.455. The van der Waals surface area contributed by atoms with Crippen LogP contribution < -0.4 is 5.19 Å². The Hall–Kier alpha value is -0.661. The topological polar surface area (TPSA) is 27.7 Å². The summed E-state index contributed by atoms with van der Waals surface area (Å²) in [6.07, 6.45) is 2.64. The molecule has 2 bridgehead atoms. The average Bonchev–Trinajstić information content (AvgIpc) is 3.04. The zero-order valence-electron chi connectivity index (χ0n) is 21.7. The molecule has 3 nitrogen and oxygen atoms in total. The predicted molar refractivity (Wildman–Crippen MR) is 140 cm³/mol. The van der Waals surface area contributed by atoms with Gasteiger partial charge in [0.2, 0.25) is 0 Å². The minimum Gasteiger partial charge on any atom is -0.415 e. The summed E-state index contributed by atoms with van der Waals surface area (Å²) in [7, 11) is -4.03. The Morgan fingerprint density at radius 1 is 1.09 bits per heavy atom. The molecule has 0 spiro atoms. The Kier molecular flexibility index (Phi) is 6.07. The molecule has 1 saturated heterocycles. The summed E-state index contributed by atoms with van der Waals surface area (Å²) in [6, 6.07) is 11.0. The molecule has 1 aliphatic heterocycles. The van der Waals surface area contributed by atoms with Gasteiger partial charge in [-0.3, -0.25) is 0 Å². The van der Waals surface area contributed by atoms with Crippen molar-refractivity contribution in [2.24, 2.45) is 17.3 Å². The molecule has 1 aromatic carbocycles. The van der Waals surface area contributed by atoms with Crippen LogP contribution >= 0.6 is 0 Å². The van der Waals surface area contributed by atoms with Gasteiger partial charge < -0.3 is 13.7 Å². The van der Waals surface area contributed by atoms with Crippen LogP contribution in [0.3, 0.4) is 0 Å². The van der Waals surface area contributed by atoms with E-state index in [1.165, 1.54) is 11.6 Å². The Morgan fingerprint density at radius 3 is 2.28 bits per heavy atom. The summed E-state index contributed by atoms with van der Waals surface area (Å²) in [4.78, 5) is 0. The summed E-state index contributed by atoms with van der Waals surface area (Å²) in [5.74, 6) is 1.31. The van der Waals surface area contributed by atoms with Crippen molar-refractivity contribution >= 4 is 28.7 Å². The van der Waals surface area contributed by atoms with E-state index in [2.05, 4.69) is 97.3 Å². The van der Waals surface area contributed by atoms with Crippen molar-refractivity contribution < 1.29 is 13.7 Å². The first-order valence-corrected chi connectivity index (χ1v) is 18.9.